The van der Waals surface area contributed by atoms with Gasteiger partial charge in [-0.3, -0.25) is 4.79 Å². The van der Waals surface area contributed by atoms with Crippen molar-refractivity contribution in [3.05, 3.63) is 119 Å². The molecule has 8 heteroatoms. The number of carbonyl (C=O) groups excluding carboxylic acids is 1. The van der Waals surface area contributed by atoms with E-state index in [4.69, 9.17) is 35.4 Å². The average molecular weight is 539 g/mol. The lowest BCUT2D eigenvalue weighted by atomic mass is 10.1. The number of thioether (sulfide) groups is 1. The first-order chi connectivity index (χ1) is 17.0. The molecule has 0 fully saturated rings. The molecule has 4 aromatic carbocycles. The topological polar surface area (TPSA) is 53.2 Å². The molecule has 4 rings (SSSR count). The molecular formula is C27H21Cl2N3OS2. The molecule has 1 amide bonds. The van der Waals surface area contributed by atoms with E-state index in [0.717, 1.165) is 21.8 Å². The highest BCUT2D eigenvalue weighted by Gasteiger charge is 2.22. The number of halogens is 2. The summed E-state index contributed by atoms with van der Waals surface area (Å²) >= 11 is 19.0. The summed E-state index contributed by atoms with van der Waals surface area (Å²) in [4.78, 5) is 14.2. The molecule has 0 saturated heterocycles. The summed E-state index contributed by atoms with van der Waals surface area (Å²) < 4.78 is 0. The summed E-state index contributed by atoms with van der Waals surface area (Å²) in [5.41, 5.74) is 3.19. The molecule has 0 aromatic heterocycles. The quantitative estimate of drug-likeness (QED) is 0.163. The van der Waals surface area contributed by atoms with Crippen LogP contribution in [0.1, 0.15) is 10.8 Å². The third kappa shape index (κ3) is 7.23. The average Bonchev–Trinajstić information content (AvgIpc) is 2.86. The fourth-order valence-electron chi connectivity index (χ4n) is 3.28. The molecule has 176 valence electrons. The number of thiocarbonyl (C=S) groups is 1. The van der Waals surface area contributed by atoms with Crippen LogP contribution in [-0.4, -0.2) is 11.0 Å². The number of benzene rings is 4. The molecule has 35 heavy (non-hydrogen) atoms. The molecule has 0 aliphatic rings. The van der Waals surface area contributed by atoms with Crippen molar-refractivity contribution in [3.8, 4) is 0 Å². The van der Waals surface area contributed by atoms with Crippen molar-refractivity contribution >= 4 is 75.3 Å². The van der Waals surface area contributed by atoms with Crippen LogP contribution in [0.3, 0.4) is 0 Å². The van der Waals surface area contributed by atoms with E-state index in [0.29, 0.717) is 20.8 Å². The zero-order chi connectivity index (χ0) is 24.6. The van der Waals surface area contributed by atoms with Crippen LogP contribution in [-0.2, 0) is 4.79 Å². The van der Waals surface area contributed by atoms with E-state index < -0.39 is 5.25 Å². The fraction of sp³-hybridized carbons (Fsp3) is 0.0370. The third-order valence-corrected chi connectivity index (χ3v) is 7.10. The minimum absolute atomic E-state index is 0.167. The van der Waals surface area contributed by atoms with E-state index in [-0.39, 0.29) is 5.91 Å². The van der Waals surface area contributed by atoms with Gasteiger partial charge in [0.15, 0.2) is 5.11 Å². The van der Waals surface area contributed by atoms with Crippen LogP contribution in [0.15, 0.2) is 108 Å². The van der Waals surface area contributed by atoms with E-state index in [9.17, 15) is 4.79 Å². The Morgan fingerprint density at radius 2 is 1.31 bits per heavy atom. The standard InChI is InChI=1S/C27H21Cl2N3OS2/c28-23-15-14-21(17-24(23)29)30-26(33)25(18-8-3-1-4-9-18)35-22-13-7-12-20(16-22)32-27(34)31-19-10-5-2-6-11-19/h1-17,25H,(H,30,33)(H2,31,32,34). The molecule has 0 bridgehead atoms. The van der Waals surface area contributed by atoms with Gasteiger partial charge in [0.05, 0.1) is 10.0 Å². The van der Waals surface area contributed by atoms with Gasteiger partial charge in [-0.25, -0.2) is 0 Å². The smallest absolute Gasteiger partial charge is 0.242 e. The number of hydrogen-bond acceptors (Lipinski definition) is 3. The number of anilines is 3. The Morgan fingerprint density at radius 1 is 0.686 bits per heavy atom. The zero-order valence-electron chi connectivity index (χ0n) is 18.4. The molecule has 4 aromatic rings. The minimum Gasteiger partial charge on any atom is -0.332 e. The van der Waals surface area contributed by atoms with Gasteiger partial charge in [0.25, 0.3) is 0 Å². The van der Waals surface area contributed by atoms with Gasteiger partial charge in [-0.15, -0.1) is 11.8 Å². The zero-order valence-corrected chi connectivity index (χ0v) is 21.5. The molecule has 0 radical (unpaired) electrons. The molecule has 3 N–H and O–H groups in total. The number of amides is 1. The Kier molecular flexibility index (Phi) is 8.66. The Labute approximate surface area is 224 Å². The van der Waals surface area contributed by atoms with E-state index in [1.807, 2.05) is 84.9 Å². The lowest BCUT2D eigenvalue weighted by molar-refractivity contribution is -0.115. The maximum Gasteiger partial charge on any atom is 0.242 e. The van der Waals surface area contributed by atoms with E-state index >= 15 is 0 Å². The van der Waals surface area contributed by atoms with Crippen LogP contribution in [0.25, 0.3) is 0 Å². The van der Waals surface area contributed by atoms with Gasteiger partial charge in [0.2, 0.25) is 5.91 Å². The Bertz CT molecular complexity index is 1320. The predicted octanol–water partition coefficient (Wildman–Crippen LogP) is 8.27. The summed E-state index contributed by atoms with van der Waals surface area (Å²) in [6, 6.07) is 32.1. The Morgan fingerprint density at radius 3 is 2.03 bits per heavy atom. The Hall–Kier alpha value is -3.03. The van der Waals surface area contributed by atoms with Crippen molar-refractivity contribution in [2.24, 2.45) is 0 Å². The van der Waals surface area contributed by atoms with Crippen molar-refractivity contribution in [3.63, 3.8) is 0 Å². The maximum absolute atomic E-state index is 13.3. The normalized spacial score (nSPS) is 11.4. The lowest BCUT2D eigenvalue weighted by Crippen LogP contribution is -2.19. The number of nitrogens with one attached hydrogen (secondary N) is 3. The van der Waals surface area contributed by atoms with Crippen molar-refractivity contribution < 1.29 is 4.79 Å². The third-order valence-electron chi connectivity index (χ3n) is 4.91. The van der Waals surface area contributed by atoms with Gasteiger partial charge in [-0.1, -0.05) is 77.8 Å². The molecule has 1 unspecified atom stereocenters. The van der Waals surface area contributed by atoms with Crippen molar-refractivity contribution in [2.75, 3.05) is 16.0 Å². The lowest BCUT2D eigenvalue weighted by Gasteiger charge is -2.18. The van der Waals surface area contributed by atoms with Gasteiger partial charge in [0, 0.05) is 22.0 Å². The molecule has 1 atom stereocenters. The first-order valence-electron chi connectivity index (χ1n) is 10.7. The second kappa shape index (κ2) is 12.1. The predicted molar refractivity (Wildman–Crippen MR) is 153 cm³/mol. The first kappa shape index (κ1) is 25.1. The van der Waals surface area contributed by atoms with Crippen LogP contribution >= 0.6 is 47.2 Å². The SMILES string of the molecule is O=C(Nc1ccc(Cl)c(Cl)c1)C(Sc1cccc(NC(=S)Nc2ccccc2)c1)c1ccccc1. The Balaban J connectivity index is 1.50. The summed E-state index contributed by atoms with van der Waals surface area (Å²) in [6.07, 6.45) is 0. The molecular weight excluding hydrogens is 517 g/mol. The van der Waals surface area contributed by atoms with Crippen molar-refractivity contribution in [2.45, 2.75) is 10.1 Å². The second-order valence-electron chi connectivity index (χ2n) is 7.50. The first-order valence-corrected chi connectivity index (χ1v) is 12.7. The summed E-state index contributed by atoms with van der Waals surface area (Å²) in [7, 11) is 0. The van der Waals surface area contributed by atoms with E-state index in [2.05, 4.69) is 16.0 Å². The van der Waals surface area contributed by atoms with Crippen LogP contribution in [0, 0.1) is 0 Å². The fourth-order valence-corrected chi connectivity index (χ4v) is 4.90. The summed E-state index contributed by atoms with van der Waals surface area (Å²) in [5.74, 6) is -0.167. The van der Waals surface area contributed by atoms with E-state index in [1.165, 1.54) is 11.8 Å². The van der Waals surface area contributed by atoms with Gasteiger partial charge in [-0.2, -0.15) is 0 Å². The maximum atomic E-state index is 13.3. The van der Waals surface area contributed by atoms with Gasteiger partial charge >= 0.3 is 0 Å². The molecule has 4 nitrogen and oxygen atoms in total. The molecule has 0 aliphatic carbocycles. The van der Waals surface area contributed by atoms with Crippen molar-refractivity contribution in [1.29, 1.82) is 0 Å². The summed E-state index contributed by atoms with van der Waals surface area (Å²) in [5, 5.41) is 10.1. The minimum atomic E-state index is -0.490. The van der Waals surface area contributed by atoms with Gasteiger partial charge < -0.3 is 16.0 Å². The van der Waals surface area contributed by atoms with Crippen LogP contribution in [0.2, 0.25) is 10.0 Å². The van der Waals surface area contributed by atoms with Crippen LogP contribution < -0.4 is 16.0 Å². The number of rotatable bonds is 7. The number of carbonyl (C=O) groups is 1. The van der Waals surface area contributed by atoms with Crippen LogP contribution in [0.4, 0.5) is 17.1 Å². The van der Waals surface area contributed by atoms with Gasteiger partial charge in [0.1, 0.15) is 5.25 Å². The largest absolute Gasteiger partial charge is 0.332 e. The van der Waals surface area contributed by atoms with Gasteiger partial charge in [-0.05, 0) is 66.3 Å². The number of para-hydroxylation sites is 1. The monoisotopic (exact) mass is 537 g/mol. The van der Waals surface area contributed by atoms with Crippen molar-refractivity contribution in [1.82, 2.24) is 0 Å². The molecule has 0 heterocycles. The highest BCUT2D eigenvalue weighted by molar-refractivity contribution is 8.00. The molecule has 0 saturated carbocycles. The van der Waals surface area contributed by atoms with Crippen LogP contribution in [0.5, 0.6) is 0 Å². The second-order valence-corrected chi connectivity index (χ2v) is 9.90. The number of hydrogen-bond donors (Lipinski definition) is 3. The molecule has 0 aliphatic heterocycles. The highest BCUT2D eigenvalue weighted by atomic mass is 35.5. The van der Waals surface area contributed by atoms with E-state index in [1.54, 1.807) is 18.2 Å². The highest BCUT2D eigenvalue weighted by Crippen LogP contribution is 2.37. The molecule has 0 spiro atoms. The summed E-state index contributed by atoms with van der Waals surface area (Å²) in [6.45, 7) is 0.